The third-order valence-electron chi connectivity index (χ3n) is 4.37. The number of carbonyl (C=O) groups is 2. The van der Waals surface area contributed by atoms with Crippen molar-refractivity contribution in [3.63, 3.8) is 0 Å². The summed E-state index contributed by atoms with van der Waals surface area (Å²) in [5, 5.41) is 10.0. The summed E-state index contributed by atoms with van der Waals surface area (Å²) in [6, 6.07) is 0. The number of carbonyl (C=O) groups excluding carboxylic acids is 2. The van der Waals surface area contributed by atoms with Crippen molar-refractivity contribution in [3.8, 4) is 0 Å². The zero-order chi connectivity index (χ0) is 19.3. The van der Waals surface area contributed by atoms with Gasteiger partial charge in [-0.3, -0.25) is 9.69 Å². The lowest BCUT2D eigenvalue weighted by Crippen LogP contribution is -2.60. The maximum Gasteiger partial charge on any atom is 0.357 e. The van der Waals surface area contributed by atoms with E-state index in [9.17, 15) is 14.7 Å². The first kappa shape index (κ1) is 21.1. The first-order chi connectivity index (χ1) is 12.5. The molecule has 1 fully saturated rings. The fourth-order valence-electron chi connectivity index (χ4n) is 3.07. The summed E-state index contributed by atoms with van der Waals surface area (Å²) >= 11 is 3.14. The van der Waals surface area contributed by atoms with E-state index >= 15 is 0 Å². The number of aliphatic hydroxyl groups is 1. The van der Waals surface area contributed by atoms with Gasteiger partial charge in [0.05, 0.1) is 16.3 Å². The van der Waals surface area contributed by atoms with E-state index in [1.54, 1.807) is 18.7 Å². The monoisotopic (exact) mass is 397 g/mol. The Labute approximate surface area is 163 Å². The molecule has 1 N–H and O–H groups in total. The fourth-order valence-corrected chi connectivity index (χ4v) is 6.51. The van der Waals surface area contributed by atoms with Gasteiger partial charge in [-0.1, -0.05) is 43.8 Å². The molecule has 1 unspecified atom stereocenters. The van der Waals surface area contributed by atoms with Gasteiger partial charge >= 0.3 is 5.97 Å². The second-order valence-corrected chi connectivity index (χ2v) is 9.10. The molecule has 0 aliphatic carbocycles. The van der Waals surface area contributed by atoms with Gasteiger partial charge in [0, 0.05) is 5.25 Å². The summed E-state index contributed by atoms with van der Waals surface area (Å²) < 4.78 is 6.03. The van der Waals surface area contributed by atoms with Crippen LogP contribution in [0.3, 0.4) is 0 Å². The standard InChI is InChI=1S/C19H27NO4S2/c1-5-8-10-13(9-6-2)25-19-15(18(23)24-11-7-3)20-16(22)14(12(4)21)17(20)26-19/h5,7,12-14,17,21H,1,3,6,8-11H2,2,4H3/t12-,13?,14+,17-/m1/s1. The van der Waals surface area contributed by atoms with Crippen molar-refractivity contribution in [2.24, 2.45) is 5.92 Å². The average Bonchev–Trinajstić information content (AvgIpc) is 2.91. The van der Waals surface area contributed by atoms with E-state index < -0.39 is 18.0 Å². The van der Waals surface area contributed by atoms with E-state index in [1.807, 2.05) is 6.08 Å². The fraction of sp³-hybridized carbons (Fsp3) is 0.579. The molecule has 2 aliphatic heterocycles. The Morgan fingerprint density at radius 3 is 2.73 bits per heavy atom. The van der Waals surface area contributed by atoms with Crippen molar-refractivity contribution >= 4 is 35.4 Å². The number of fused-ring (bicyclic) bond motifs is 1. The number of allylic oxidation sites excluding steroid dienone is 1. The molecule has 0 aromatic carbocycles. The van der Waals surface area contributed by atoms with Crippen LogP contribution in [0.25, 0.3) is 0 Å². The van der Waals surface area contributed by atoms with Gasteiger partial charge in [0.2, 0.25) is 5.91 Å². The highest BCUT2D eigenvalue weighted by Gasteiger charge is 2.58. The number of amides is 1. The van der Waals surface area contributed by atoms with E-state index in [0.717, 1.165) is 29.9 Å². The van der Waals surface area contributed by atoms with Crippen molar-refractivity contribution in [1.29, 1.82) is 0 Å². The van der Waals surface area contributed by atoms with Crippen LogP contribution in [0, 0.1) is 5.92 Å². The molecule has 0 aromatic heterocycles. The summed E-state index contributed by atoms with van der Waals surface area (Å²) in [5.74, 6) is -1.19. The maximum atomic E-state index is 12.6. The molecule has 2 heterocycles. The van der Waals surface area contributed by atoms with Crippen LogP contribution in [0.1, 0.15) is 39.5 Å². The number of rotatable bonds is 11. The quantitative estimate of drug-likeness (QED) is 0.326. The van der Waals surface area contributed by atoms with Crippen molar-refractivity contribution in [1.82, 2.24) is 4.90 Å². The van der Waals surface area contributed by atoms with E-state index in [0.29, 0.717) is 10.9 Å². The number of β-lactam (4-membered cyclic amide) rings is 1. The van der Waals surface area contributed by atoms with Crippen LogP contribution < -0.4 is 0 Å². The summed E-state index contributed by atoms with van der Waals surface area (Å²) in [5.41, 5.74) is 0.327. The highest BCUT2D eigenvalue weighted by atomic mass is 32.2. The van der Waals surface area contributed by atoms with Crippen LogP contribution in [0.15, 0.2) is 35.2 Å². The molecule has 144 valence electrons. The second-order valence-electron chi connectivity index (χ2n) is 6.40. The first-order valence-electron chi connectivity index (χ1n) is 8.93. The summed E-state index contributed by atoms with van der Waals surface area (Å²) in [4.78, 5) is 26.5. The number of esters is 1. The molecular formula is C19H27NO4S2. The summed E-state index contributed by atoms with van der Waals surface area (Å²) in [6.45, 7) is 11.2. The lowest BCUT2D eigenvalue weighted by atomic mass is 9.92. The van der Waals surface area contributed by atoms with Gasteiger partial charge < -0.3 is 9.84 Å². The Bertz CT molecular complexity index is 602. The average molecular weight is 398 g/mol. The second kappa shape index (κ2) is 9.67. The lowest BCUT2D eigenvalue weighted by Gasteiger charge is -2.43. The van der Waals surface area contributed by atoms with Crippen LogP contribution in [0.4, 0.5) is 0 Å². The highest BCUT2D eigenvalue weighted by molar-refractivity contribution is 8.23. The molecule has 4 atom stereocenters. The van der Waals surface area contributed by atoms with Gasteiger partial charge in [0.1, 0.15) is 12.0 Å². The van der Waals surface area contributed by atoms with Gasteiger partial charge in [-0.05, 0) is 26.2 Å². The maximum absolute atomic E-state index is 12.6. The number of hydrogen-bond donors (Lipinski definition) is 1. The smallest absolute Gasteiger partial charge is 0.357 e. The zero-order valence-electron chi connectivity index (χ0n) is 15.3. The van der Waals surface area contributed by atoms with Gasteiger partial charge in [0.15, 0.2) is 5.70 Å². The molecule has 26 heavy (non-hydrogen) atoms. The lowest BCUT2D eigenvalue weighted by molar-refractivity contribution is -0.157. The van der Waals surface area contributed by atoms with E-state index in [1.165, 1.54) is 22.7 Å². The molecule has 0 bridgehead atoms. The van der Waals surface area contributed by atoms with E-state index in [-0.39, 0.29) is 17.9 Å². The van der Waals surface area contributed by atoms with Crippen molar-refractivity contribution < 1.29 is 19.4 Å². The Morgan fingerprint density at radius 1 is 1.42 bits per heavy atom. The molecule has 0 saturated carbocycles. The molecule has 0 spiro atoms. The number of nitrogens with zero attached hydrogens (tertiary/aromatic N) is 1. The topological polar surface area (TPSA) is 66.8 Å². The van der Waals surface area contributed by atoms with Crippen molar-refractivity contribution in [2.75, 3.05) is 6.61 Å². The Kier molecular flexibility index (Phi) is 7.85. The van der Waals surface area contributed by atoms with Gasteiger partial charge in [-0.2, -0.15) is 0 Å². The first-order valence-corrected chi connectivity index (χ1v) is 10.7. The summed E-state index contributed by atoms with van der Waals surface area (Å²) in [7, 11) is 0. The van der Waals surface area contributed by atoms with Gasteiger partial charge in [-0.15, -0.1) is 18.3 Å². The molecule has 5 nitrogen and oxygen atoms in total. The number of hydrogen-bond acceptors (Lipinski definition) is 6. The Morgan fingerprint density at radius 2 is 2.15 bits per heavy atom. The van der Waals surface area contributed by atoms with Crippen LogP contribution >= 0.6 is 23.5 Å². The third-order valence-corrected chi connectivity index (χ3v) is 7.31. The molecule has 2 aliphatic rings. The zero-order valence-corrected chi connectivity index (χ0v) is 17.0. The minimum absolute atomic E-state index is 0.103. The van der Waals surface area contributed by atoms with Gasteiger partial charge in [-0.25, -0.2) is 4.79 Å². The highest BCUT2D eigenvalue weighted by Crippen LogP contribution is 2.55. The summed E-state index contributed by atoms with van der Waals surface area (Å²) in [6.07, 6.45) is 6.62. The predicted octanol–water partition coefficient (Wildman–Crippen LogP) is 3.66. The third kappa shape index (κ3) is 4.38. The van der Waals surface area contributed by atoms with Crippen LogP contribution in [-0.2, 0) is 14.3 Å². The normalized spacial score (nSPS) is 24.0. The van der Waals surface area contributed by atoms with Crippen molar-refractivity contribution in [2.45, 2.75) is 56.3 Å². The molecule has 1 saturated heterocycles. The predicted molar refractivity (Wildman–Crippen MR) is 107 cm³/mol. The SMILES string of the molecule is C=CCCC(CCC)SC1=C(C(=O)OCC=C)N2C(=O)[C@H]([C@@H](C)O)[C@H]2S1. The van der Waals surface area contributed by atoms with Crippen LogP contribution in [0.2, 0.25) is 0 Å². The molecular weight excluding hydrogens is 370 g/mol. The minimum atomic E-state index is -0.738. The van der Waals surface area contributed by atoms with E-state index in [4.69, 9.17) is 4.74 Å². The number of ether oxygens (including phenoxy) is 1. The van der Waals surface area contributed by atoms with Crippen LogP contribution in [0.5, 0.6) is 0 Å². The number of aliphatic hydroxyl groups excluding tert-OH is 1. The largest absolute Gasteiger partial charge is 0.457 e. The Balaban J connectivity index is 2.24. The molecule has 7 heteroatoms. The minimum Gasteiger partial charge on any atom is -0.457 e. The molecule has 2 rings (SSSR count). The van der Waals surface area contributed by atoms with Gasteiger partial charge in [0.25, 0.3) is 0 Å². The molecule has 1 amide bonds. The van der Waals surface area contributed by atoms with Crippen LogP contribution in [-0.4, -0.2) is 45.2 Å². The van der Waals surface area contributed by atoms with E-state index in [2.05, 4.69) is 20.1 Å². The number of thioether (sulfide) groups is 2. The Hall–Kier alpha value is -1.18. The van der Waals surface area contributed by atoms with Crippen molar-refractivity contribution in [3.05, 3.63) is 35.2 Å². The molecule has 0 aromatic rings. The molecule has 0 radical (unpaired) electrons.